The third kappa shape index (κ3) is 3.23. The number of pyridine rings is 2. The van der Waals surface area contributed by atoms with E-state index >= 15 is 0 Å². The van der Waals surface area contributed by atoms with E-state index in [4.69, 9.17) is 15.2 Å². The molecule has 0 fully saturated rings. The molecular formula is C14H15N3O3. The van der Waals surface area contributed by atoms with Gasteiger partial charge in [-0.3, -0.25) is 4.98 Å². The van der Waals surface area contributed by atoms with Gasteiger partial charge in [0.25, 0.3) is 0 Å². The second kappa shape index (κ2) is 6.01. The van der Waals surface area contributed by atoms with E-state index in [1.165, 1.54) is 12.3 Å². The summed E-state index contributed by atoms with van der Waals surface area (Å²) in [5.41, 5.74) is 7.07. The highest BCUT2D eigenvalue weighted by Crippen LogP contribution is 2.22. The molecule has 2 heterocycles. The van der Waals surface area contributed by atoms with E-state index in [2.05, 4.69) is 9.97 Å². The number of anilines is 1. The van der Waals surface area contributed by atoms with Crippen LogP contribution in [-0.4, -0.2) is 22.5 Å². The van der Waals surface area contributed by atoms with Crippen LogP contribution in [0.1, 0.15) is 23.0 Å². The van der Waals surface area contributed by atoms with Crippen LogP contribution in [0, 0.1) is 6.92 Å². The van der Waals surface area contributed by atoms with Crippen molar-refractivity contribution in [2.45, 2.75) is 13.8 Å². The Balaban J connectivity index is 2.22. The summed E-state index contributed by atoms with van der Waals surface area (Å²) in [6.45, 7) is 3.88. The van der Waals surface area contributed by atoms with Gasteiger partial charge < -0.3 is 15.2 Å². The molecule has 0 radical (unpaired) electrons. The van der Waals surface area contributed by atoms with Gasteiger partial charge in [-0.2, -0.15) is 0 Å². The van der Waals surface area contributed by atoms with Crippen molar-refractivity contribution in [3.05, 3.63) is 41.9 Å². The SMILES string of the molecule is CCOC(=O)c1cc(Oc2ccc(C)nc2)ncc1N. The largest absolute Gasteiger partial charge is 0.462 e. The zero-order chi connectivity index (χ0) is 14.5. The second-order valence-corrected chi connectivity index (χ2v) is 4.07. The second-order valence-electron chi connectivity index (χ2n) is 4.07. The molecule has 6 nitrogen and oxygen atoms in total. The van der Waals surface area contributed by atoms with E-state index in [0.717, 1.165) is 5.69 Å². The number of nitrogen functional groups attached to an aromatic ring is 1. The molecule has 0 saturated carbocycles. The molecule has 0 aliphatic heterocycles. The first-order valence-electron chi connectivity index (χ1n) is 6.13. The molecule has 2 rings (SSSR count). The molecule has 2 aromatic rings. The molecule has 0 aromatic carbocycles. The van der Waals surface area contributed by atoms with Crippen molar-refractivity contribution in [2.24, 2.45) is 0 Å². The van der Waals surface area contributed by atoms with Crippen LogP contribution in [0.25, 0.3) is 0 Å². The number of carbonyl (C=O) groups is 1. The lowest BCUT2D eigenvalue weighted by atomic mass is 10.2. The molecule has 0 aliphatic carbocycles. The van der Waals surface area contributed by atoms with Crippen LogP contribution in [0.5, 0.6) is 11.6 Å². The lowest BCUT2D eigenvalue weighted by Crippen LogP contribution is -2.08. The Labute approximate surface area is 116 Å². The minimum absolute atomic E-state index is 0.233. The molecule has 0 amide bonds. The number of aryl methyl sites for hydroxylation is 1. The average molecular weight is 273 g/mol. The van der Waals surface area contributed by atoms with Crippen LogP contribution in [0.15, 0.2) is 30.6 Å². The highest BCUT2D eigenvalue weighted by Gasteiger charge is 2.13. The topological polar surface area (TPSA) is 87.3 Å². The fourth-order valence-electron chi connectivity index (χ4n) is 1.52. The predicted octanol–water partition coefficient (Wildman–Crippen LogP) is 2.34. The third-order valence-electron chi connectivity index (χ3n) is 2.51. The molecule has 0 unspecified atom stereocenters. The number of hydrogen-bond donors (Lipinski definition) is 1. The van der Waals surface area contributed by atoms with E-state index in [9.17, 15) is 4.79 Å². The highest BCUT2D eigenvalue weighted by atomic mass is 16.5. The summed E-state index contributed by atoms with van der Waals surface area (Å²) in [7, 11) is 0. The van der Waals surface area contributed by atoms with Gasteiger partial charge in [0.2, 0.25) is 5.88 Å². The van der Waals surface area contributed by atoms with E-state index in [1.807, 2.05) is 13.0 Å². The smallest absolute Gasteiger partial charge is 0.340 e. The predicted molar refractivity (Wildman–Crippen MR) is 73.7 cm³/mol. The summed E-state index contributed by atoms with van der Waals surface area (Å²) in [6.07, 6.45) is 2.95. The number of nitrogens with zero attached hydrogens (tertiary/aromatic N) is 2. The minimum Gasteiger partial charge on any atom is -0.462 e. The van der Waals surface area contributed by atoms with Crippen molar-refractivity contribution in [1.29, 1.82) is 0 Å². The van der Waals surface area contributed by atoms with E-state index in [0.29, 0.717) is 5.75 Å². The van der Waals surface area contributed by atoms with Gasteiger partial charge in [-0.15, -0.1) is 0 Å². The summed E-state index contributed by atoms with van der Waals surface area (Å²) in [4.78, 5) is 19.8. The summed E-state index contributed by atoms with van der Waals surface area (Å²) >= 11 is 0. The van der Waals surface area contributed by atoms with Gasteiger partial charge in [-0.25, -0.2) is 9.78 Å². The lowest BCUT2D eigenvalue weighted by molar-refractivity contribution is 0.0527. The highest BCUT2D eigenvalue weighted by molar-refractivity contribution is 5.95. The van der Waals surface area contributed by atoms with Crippen molar-refractivity contribution < 1.29 is 14.3 Å². The monoisotopic (exact) mass is 273 g/mol. The van der Waals surface area contributed by atoms with Crippen molar-refractivity contribution in [2.75, 3.05) is 12.3 Å². The van der Waals surface area contributed by atoms with Crippen LogP contribution >= 0.6 is 0 Å². The number of esters is 1. The van der Waals surface area contributed by atoms with Crippen molar-refractivity contribution >= 4 is 11.7 Å². The first kappa shape index (κ1) is 13.8. The number of aromatic nitrogens is 2. The summed E-state index contributed by atoms with van der Waals surface area (Å²) < 4.78 is 10.4. The maximum atomic E-state index is 11.7. The number of hydrogen-bond acceptors (Lipinski definition) is 6. The van der Waals surface area contributed by atoms with Gasteiger partial charge in [-0.1, -0.05) is 0 Å². The Bertz CT molecular complexity index is 612. The van der Waals surface area contributed by atoms with Gasteiger partial charge in [0.1, 0.15) is 5.75 Å². The standard InChI is InChI=1S/C14H15N3O3/c1-3-19-14(18)11-6-13(17-8-12(11)15)20-10-5-4-9(2)16-7-10/h4-8H,3,15H2,1-2H3. The molecule has 0 atom stereocenters. The fraction of sp³-hybridized carbons (Fsp3) is 0.214. The van der Waals surface area contributed by atoms with Crippen LogP contribution < -0.4 is 10.5 Å². The van der Waals surface area contributed by atoms with Gasteiger partial charge in [0.05, 0.1) is 30.3 Å². The van der Waals surface area contributed by atoms with E-state index < -0.39 is 5.97 Å². The number of ether oxygens (including phenoxy) is 2. The molecule has 2 aromatic heterocycles. The molecule has 104 valence electrons. The quantitative estimate of drug-likeness (QED) is 0.860. The minimum atomic E-state index is -0.501. The summed E-state index contributed by atoms with van der Waals surface area (Å²) in [5.74, 6) is 0.287. The van der Waals surface area contributed by atoms with Crippen LogP contribution in [0.3, 0.4) is 0 Å². The van der Waals surface area contributed by atoms with Gasteiger partial charge in [-0.05, 0) is 26.0 Å². The van der Waals surface area contributed by atoms with Crippen LogP contribution in [-0.2, 0) is 4.74 Å². The van der Waals surface area contributed by atoms with Gasteiger partial charge >= 0.3 is 5.97 Å². The molecule has 2 N–H and O–H groups in total. The molecule has 0 saturated heterocycles. The first-order chi connectivity index (χ1) is 9.60. The summed E-state index contributed by atoms with van der Waals surface area (Å²) in [5, 5.41) is 0. The molecule has 0 bridgehead atoms. The van der Waals surface area contributed by atoms with Crippen molar-refractivity contribution in [1.82, 2.24) is 9.97 Å². The number of nitrogens with two attached hydrogens (primary N) is 1. The first-order valence-corrected chi connectivity index (χ1v) is 6.13. The zero-order valence-electron chi connectivity index (χ0n) is 11.3. The molecule has 6 heteroatoms. The molecule has 0 aliphatic rings. The van der Waals surface area contributed by atoms with Crippen molar-refractivity contribution in [3.8, 4) is 11.6 Å². The van der Waals surface area contributed by atoms with Crippen LogP contribution in [0.4, 0.5) is 5.69 Å². The Morgan fingerprint density at radius 2 is 2.10 bits per heavy atom. The molecule has 0 spiro atoms. The van der Waals surface area contributed by atoms with E-state index in [1.54, 1.807) is 19.2 Å². The maximum absolute atomic E-state index is 11.7. The molecular weight excluding hydrogens is 258 g/mol. The fourth-order valence-corrected chi connectivity index (χ4v) is 1.52. The average Bonchev–Trinajstić information content (AvgIpc) is 2.43. The maximum Gasteiger partial charge on any atom is 0.340 e. The van der Waals surface area contributed by atoms with Crippen molar-refractivity contribution in [3.63, 3.8) is 0 Å². The number of carbonyl (C=O) groups excluding carboxylic acids is 1. The number of rotatable bonds is 4. The normalized spacial score (nSPS) is 10.1. The Morgan fingerprint density at radius 3 is 2.75 bits per heavy atom. The Morgan fingerprint density at radius 1 is 1.30 bits per heavy atom. The van der Waals surface area contributed by atoms with Gasteiger partial charge in [0.15, 0.2) is 0 Å². The van der Waals surface area contributed by atoms with Gasteiger partial charge in [0, 0.05) is 11.8 Å². The Kier molecular flexibility index (Phi) is 4.14. The Hall–Kier alpha value is -2.63. The zero-order valence-corrected chi connectivity index (χ0v) is 11.3. The van der Waals surface area contributed by atoms with E-state index in [-0.39, 0.29) is 23.7 Å². The lowest BCUT2D eigenvalue weighted by Gasteiger charge is -2.08. The summed E-state index contributed by atoms with van der Waals surface area (Å²) in [6, 6.07) is 5.04. The third-order valence-corrected chi connectivity index (χ3v) is 2.51. The molecule has 20 heavy (non-hydrogen) atoms. The van der Waals surface area contributed by atoms with Crippen LogP contribution in [0.2, 0.25) is 0 Å².